The van der Waals surface area contributed by atoms with Crippen LogP contribution in [0.3, 0.4) is 0 Å². The molecule has 6 heteroatoms. The summed E-state index contributed by atoms with van der Waals surface area (Å²) in [4.78, 5) is 31.6. The fourth-order valence-electron chi connectivity index (χ4n) is 3.43. The van der Waals surface area contributed by atoms with Crippen LogP contribution in [0.1, 0.15) is 31.2 Å². The predicted octanol–water partition coefficient (Wildman–Crippen LogP) is 1.85. The van der Waals surface area contributed by atoms with Crippen molar-refractivity contribution < 1.29 is 14.3 Å². The highest BCUT2D eigenvalue weighted by atomic mass is 16.6. The minimum absolute atomic E-state index is 0.177. The van der Waals surface area contributed by atoms with E-state index in [9.17, 15) is 9.59 Å². The lowest BCUT2D eigenvalue weighted by atomic mass is 9.95. The van der Waals surface area contributed by atoms with Gasteiger partial charge in [0.1, 0.15) is 5.60 Å². The number of carbonyl (C=O) groups excluding carboxylic acids is 2. The number of hydrogen-bond donors (Lipinski definition) is 0. The quantitative estimate of drug-likeness (QED) is 0.853. The van der Waals surface area contributed by atoms with Crippen molar-refractivity contribution in [2.45, 2.75) is 37.7 Å². The Hall–Kier alpha value is -2.11. The van der Waals surface area contributed by atoms with Gasteiger partial charge in [0.15, 0.2) is 0 Å². The fraction of sp³-hybridized carbons (Fsp3) is 0.588. The van der Waals surface area contributed by atoms with Crippen molar-refractivity contribution in [1.82, 2.24) is 14.8 Å². The molecule has 0 aromatic carbocycles. The summed E-state index contributed by atoms with van der Waals surface area (Å²) < 4.78 is 5.58. The number of pyridine rings is 1. The van der Waals surface area contributed by atoms with Crippen LogP contribution in [0.4, 0.5) is 4.79 Å². The lowest BCUT2D eigenvalue weighted by Gasteiger charge is -2.25. The minimum Gasteiger partial charge on any atom is -0.441 e. The number of hydrogen-bond acceptors (Lipinski definition) is 4. The SMILES string of the molecule is CN1C[C@]2(CCCN(C(=O)CCc3ccncc3)CC2)OC1=O. The third kappa shape index (κ3) is 3.63. The first kappa shape index (κ1) is 15.8. The fourth-order valence-corrected chi connectivity index (χ4v) is 3.43. The van der Waals surface area contributed by atoms with Gasteiger partial charge in [-0.15, -0.1) is 0 Å². The second kappa shape index (κ2) is 6.56. The Kier molecular flexibility index (Phi) is 4.50. The summed E-state index contributed by atoms with van der Waals surface area (Å²) in [5.41, 5.74) is 0.734. The number of aromatic nitrogens is 1. The van der Waals surface area contributed by atoms with Gasteiger partial charge < -0.3 is 14.5 Å². The number of likely N-dealkylation sites (tertiary alicyclic amines) is 1. The molecule has 2 aliphatic heterocycles. The van der Waals surface area contributed by atoms with Gasteiger partial charge in [-0.3, -0.25) is 9.78 Å². The summed E-state index contributed by atoms with van der Waals surface area (Å²) in [5, 5.41) is 0. The molecule has 1 spiro atoms. The van der Waals surface area contributed by atoms with Crippen LogP contribution in [-0.4, -0.2) is 59.1 Å². The zero-order valence-electron chi connectivity index (χ0n) is 13.5. The monoisotopic (exact) mass is 317 g/mol. The highest BCUT2D eigenvalue weighted by Gasteiger charge is 2.44. The molecule has 0 N–H and O–H groups in total. The van der Waals surface area contributed by atoms with Crippen LogP contribution in [-0.2, 0) is 16.0 Å². The summed E-state index contributed by atoms with van der Waals surface area (Å²) in [7, 11) is 1.76. The van der Waals surface area contributed by atoms with E-state index in [0.717, 1.165) is 37.8 Å². The Morgan fingerprint density at radius 1 is 1.30 bits per heavy atom. The molecule has 2 aliphatic rings. The summed E-state index contributed by atoms with van der Waals surface area (Å²) >= 11 is 0. The number of amides is 2. The minimum atomic E-state index is -0.397. The van der Waals surface area contributed by atoms with Crippen LogP contribution in [0.25, 0.3) is 0 Å². The Morgan fingerprint density at radius 3 is 2.78 bits per heavy atom. The molecule has 6 nitrogen and oxygen atoms in total. The van der Waals surface area contributed by atoms with Crippen molar-refractivity contribution in [3.63, 3.8) is 0 Å². The van der Waals surface area contributed by atoms with E-state index in [4.69, 9.17) is 4.74 Å². The van der Waals surface area contributed by atoms with Crippen molar-refractivity contribution in [3.8, 4) is 0 Å². The van der Waals surface area contributed by atoms with Crippen LogP contribution in [0, 0.1) is 0 Å². The average molecular weight is 317 g/mol. The number of rotatable bonds is 3. The van der Waals surface area contributed by atoms with Gasteiger partial charge in [0, 0.05) is 45.4 Å². The van der Waals surface area contributed by atoms with Gasteiger partial charge in [0.25, 0.3) is 0 Å². The summed E-state index contributed by atoms with van der Waals surface area (Å²) in [6.07, 6.45) is 6.93. The number of likely N-dealkylation sites (N-methyl/N-ethyl adjacent to an activating group) is 1. The normalized spacial score (nSPS) is 24.7. The molecular formula is C17H23N3O3. The molecule has 124 valence electrons. The maximum absolute atomic E-state index is 12.4. The largest absolute Gasteiger partial charge is 0.441 e. The smallest absolute Gasteiger partial charge is 0.410 e. The number of ether oxygens (including phenoxy) is 1. The molecule has 23 heavy (non-hydrogen) atoms. The Labute approximate surface area is 136 Å². The van der Waals surface area contributed by atoms with Gasteiger partial charge in [-0.2, -0.15) is 0 Å². The van der Waals surface area contributed by atoms with E-state index >= 15 is 0 Å². The Balaban J connectivity index is 1.53. The molecule has 2 saturated heterocycles. The topological polar surface area (TPSA) is 62.7 Å². The third-order valence-electron chi connectivity index (χ3n) is 4.77. The highest BCUT2D eigenvalue weighted by Crippen LogP contribution is 2.32. The molecule has 3 heterocycles. The van der Waals surface area contributed by atoms with E-state index < -0.39 is 5.60 Å². The maximum atomic E-state index is 12.4. The van der Waals surface area contributed by atoms with Crippen LogP contribution in [0.2, 0.25) is 0 Å². The lowest BCUT2D eigenvalue weighted by Crippen LogP contribution is -2.36. The van der Waals surface area contributed by atoms with Crippen LogP contribution in [0.5, 0.6) is 0 Å². The molecule has 3 rings (SSSR count). The molecule has 1 aromatic heterocycles. The molecule has 0 radical (unpaired) electrons. The molecule has 0 unspecified atom stereocenters. The van der Waals surface area contributed by atoms with Gasteiger partial charge in [0.05, 0.1) is 6.54 Å². The molecule has 2 fully saturated rings. The van der Waals surface area contributed by atoms with E-state index in [1.165, 1.54) is 0 Å². The van der Waals surface area contributed by atoms with Gasteiger partial charge in [0.2, 0.25) is 5.91 Å². The molecule has 1 atom stereocenters. The number of nitrogens with zero attached hydrogens (tertiary/aromatic N) is 3. The predicted molar refractivity (Wildman–Crippen MR) is 84.8 cm³/mol. The lowest BCUT2D eigenvalue weighted by molar-refractivity contribution is -0.131. The second-order valence-electron chi connectivity index (χ2n) is 6.50. The molecule has 0 bridgehead atoms. The summed E-state index contributed by atoms with van der Waals surface area (Å²) in [6.45, 7) is 2.04. The van der Waals surface area contributed by atoms with E-state index in [1.807, 2.05) is 17.0 Å². The summed E-state index contributed by atoms with van der Waals surface area (Å²) in [6, 6.07) is 3.89. The standard InChI is InChI=1S/C17H23N3O3/c1-19-13-17(23-16(19)22)7-2-11-20(12-8-17)15(21)4-3-14-5-9-18-10-6-14/h5-6,9-10H,2-4,7-8,11-13H2,1H3/t17-/m1/s1. The second-order valence-corrected chi connectivity index (χ2v) is 6.50. The van der Waals surface area contributed by atoms with Crippen molar-refractivity contribution in [2.75, 3.05) is 26.7 Å². The molecular weight excluding hydrogens is 294 g/mol. The van der Waals surface area contributed by atoms with Gasteiger partial charge in [-0.25, -0.2) is 4.79 Å². The zero-order valence-corrected chi connectivity index (χ0v) is 13.5. The van der Waals surface area contributed by atoms with E-state index in [1.54, 1.807) is 24.3 Å². The van der Waals surface area contributed by atoms with Gasteiger partial charge in [-0.05, 0) is 37.0 Å². The summed E-state index contributed by atoms with van der Waals surface area (Å²) in [5.74, 6) is 0.177. The van der Waals surface area contributed by atoms with Crippen molar-refractivity contribution in [1.29, 1.82) is 0 Å². The van der Waals surface area contributed by atoms with E-state index in [0.29, 0.717) is 19.5 Å². The molecule has 2 amide bonds. The van der Waals surface area contributed by atoms with Crippen molar-refractivity contribution in [3.05, 3.63) is 30.1 Å². The molecule has 0 aliphatic carbocycles. The van der Waals surface area contributed by atoms with Crippen LogP contribution >= 0.6 is 0 Å². The number of aryl methyl sites for hydroxylation is 1. The Bertz CT molecular complexity index is 578. The highest BCUT2D eigenvalue weighted by molar-refractivity contribution is 5.76. The first-order valence-corrected chi connectivity index (χ1v) is 8.19. The van der Waals surface area contributed by atoms with Crippen LogP contribution < -0.4 is 0 Å². The number of carbonyl (C=O) groups is 2. The van der Waals surface area contributed by atoms with E-state index in [2.05, 4.69) is 4.98 Å². The zero-order chi connectivity index (χ0) is 16.3. The van der Waals surface area contributed by atoms with Gasteiger partial charge >= 0.3 is 6.09 Å². The Morgan fingerprint density at radius 2 is 2.09 bits per heavy atom. The van der Waals surface area contributed by atoms with Crippen molar-refractivity contribution in [2.24, 2.45) is 0 Å². The average Bonchev–Trinajstić information content (AvgIpc) is 2.72. The maximum Gasteiger partial charge on any atom is 0.410 e. The van der Waals surface area contributed by atoms with Gasteiger partial charge in [-0.1, -0.05) is 0 Å². The first-order chi connectivity index (χ1) is 11.1. The molecule has 1 aromatic rings. The van der Waals surface area contributed by atoms with E-state index in [-0.39, 0.29) is 12.0 Å². The molecule has 0 saturated carbocycles. The van der Waals surface area contributed by atoms with Crippen LogP contribution in [0.15, 0.2) is 24.5 Å². The first-order valence-electron chi connectivity index (χ1n) is 8.19. The third-order valence-corrected chi connectivity index (χ3v) is 4.77. The van der Waals surface area contributed by atoms with Crippen molar-refractivity contribution >= 4 is 12.0 Å².